The van der Waals surface area contributed by atoms with E-state index in [1.165, 1.54) is 0 Å². The van der Waals surface area contributed by atoms with E-state index in [0.717, 1.165) is 16.7 Å². The van der Waals surface area contributed by atoms with Gasteiger partial charge in [0, 0.05) is 6.42 Å². The predicted molar refractivity (Wildman–Crippen MR) is 168 cm³/mol. The number of aliphatic hydroxyl groups is 1. The van der Waals surface area contributed by atoms with Gasteiger partial charge in [0.15, 0.2) is 6.04 Å². The summed E-state index contributed by atoms with van der Waals surface area (Å²) in [5.41, 5.74) is 2.69. The highest BCUT2D eigenvalue weighted by atomic mass is 16.6. The Morgan fingerprint density at radius 3 is 2.04 bits per heavy atom. The number of esters is 2. The second-order valence-corrected chi connectivity index (χ2v) is 11.2. The fourth-order valence-electron chi connectivity index (χ4n) is 5.11. The molecule has 45 heavy (non-hydrogen) atoms. The van der Waals surface area contributed by atoms with Crippen molar-refractivity contribution in [2.45, 2.75) is 50.8 Å². The van der Waals surface area contributed by atoms with Crippen molar-refractivity contribution >= 4 is 23.8 Å². The fourth-order valence-corrected chi connectivity index (χ4v) is 5.11. The molecule has 2 amide bonds. The highest BCUT2D eigenvalue weighted by Crippen LogP contribution is 2.19. The minimum Gasteiger partial charge on any atom is -0.463 e. The summed E-state index contributed by atoms with van der Waals surface area (Å²) in [7, 11) is 0. The summed E-state index contributed by atoms with van der Waals surface area (Å²) in [6, 6.07) is 26.4. The zero-order chi connectivity index (χ0) is 31.9. The summed E-state index contributed by atoms with van der Waals surface area (Å²) < 4.78 is 11.1. The smallest absolute Gasteiger partial charge is 0.332 e. The molecule has 0 saturated carbocycles. The van der Waals surface area contributed by atoms with Gasteiger partial charge in [-0.25, -0.2) is 4.79 Å². The lowest BCUT2D eigenvalue weighted by atomic mass is 9.94. The Morgan fingerprint density at radius 2 is 1.42 bits per heavy atom. The zero-order valence-corrected chi connectivity index (χ0v) is 25.2. The molecule has 0 radical (unpaired) electrons. The third kappa shape index (κ3) is 11.0. The topological polar surface area (TPSA) is 131 Å². The molecule has 0 aliphatic carbocycles. The van der Waals surface area contributed by atoms with Crippen LogP contribution in [0.3, 0.4) is 0 Å². The number of nitrogens with one attached hydrogen (secondary N) is 2. The molecule has 0 fully saturated rings. The first-order chi connectivity index (χ1) is 21.9. The van der Waals surface area contributed by atoms with E-state index in [1.807, 2.05) is 84.9 Å². The lowest BCUT2D eigenvalue weighted by Crippen LogP contribution is -2.49. The van der Waals surface area contributed by atoms with Crippen molar-refractivity contribution in [1.29, 1.82) is 0 Å². The Kier molecular flexibility index (Phi) is 12.9. The molecule has 1 heterocycles. The van der Waals surface area contributed by atoms with Crippen LogP contribution >= 0.6 is 0 Å². The van der Waals surface area contributed by atoms with Crippen molar-refractivity contribution in [2.24, 2.45) is 11.8 Å². The molecule has 0 aromatic heterocycles. The summed E-state index contributed by atoms with van der Waals surface area (Å²) in [6.45, 7) is -0.689. The first-order valence-corrected chi connectivity index (χ1v) is 15.2. The molecular formula is C36H40N2O7. The Balaban J connectivity index is 1.48. The molecule has 3 aromatic carbocycles. The fraction of sp³-hybridized carbons (Fsp3) is 0.333. The van der Waals surface area contributed by atoms with Gasteiger partial charge in [0.1, 0.15) is 13.2 Å². The van der Waals surface area contributed by atoms with Crippen molar-refractivity contribution in [3.8, 4) is 0 Å². The minimum absolute atomic E-state index is 0.0187. The molecule has 1 aliphatic heterocycles. The number of amides is 2. The molecule has 4 atom stereocenters. The van der Waals surface area contributed by atoms with Crippen molar-refractivity contribution in [1.82, 2.24) is 10.6 Å². The van der Waals surface area contributed by atoms with Crippen LogP contribution in [0.25, 0.3) is 0 Å². The Morgan fingerprint density at radius 1 is 0.844 bits per heavy atom. The Bertz CT molecular complexity index is 1410. The molecule has 236 valence electrons. The molecule has 1 aliphatic rings. The SMILES string of the molecule is O=C(C[C@H]1CC=CC[C@@H](Cc2ccccc2)C(=O)OC[C@H](C(=O)OCc2ccccc2)NC1=O)N[C@H](CO)Cc1ccccc1. The standard InChI is InChI=1S/C36H40N2O7/c39-23-31(21-27-14-6-2-7-15-27)37-33(40)22-29-18-10-11-19-30(20-26-12-4-1-5-13-26)35(42)45-25-32(38-34(29)41)36(43)44-24-28-16-8-3-9-17-28/h1-17,29-32,39H,18-25H2,(H,37,40)(H,38,41)/t29-,30+,31+,32-/m1/s1. The number of aliphatic hydroxyl groups excluding tert-OH is 1. The maximum atomic E-state index is 13.5. The molecule has 0 unspecified atom stereocenters. The van der Waals surface area contributed by atoms with E-state index in [-0.39, 0.29) is 26.1 Å². The quantitative estimate of drug-likeness (QED) is 0.222. The molecule has 3 aromatic rings. The third-order valence-corrected chi connectivity index (χ3v) is 7.60. The molecule has 0 spiro atoms. The van der Waals surface area contributed by atoms with Crippen LogP contribution in [0.1, 0.15) is 36.0 Å². The number of rotatable bonds is 11. The second-order valence-electron chi connectivity index (χ2n) is 11.2. The maximum absolute atomic E-state index is 13.5. The van der Waals surface area contributed by atoms with Crippen LogP contribution < -0.4 is 10.6 Å². The van der Waals surface area contributed by atoms with Crippen LogP contribution in [0, 0.1) is 11.8 Å². The average Bonchev–Trinajstić information content (AvgIpc) is 3.06. The van der Waals surface area contributed by atoms with Gasteiger partial charge in [-0.15, -0.1) is 0 Å². The van der Waals surface area contributed by atoms with E-state index in [0.29, 0.717) is 19.3 Å². The number of cyclic esters (lactones) is 1. The van der Waals surface area contributed by atoms with Gasteiger partial charge in [0.25, 0.3) is 0 Å². The zero-order valence-electron chi connectivity index (χ0n) is 25.2. The van der Waals surface area contributed by atoms with E-state index in [2.05, 4.69) is 10.6 Å². The number of hydrogen-bond donors (Lipinski definition) is 3. The second kappa shape index (κ2) is 17.5. The number of benzene rings is 3. The Hall–Kier alpha value is -4.76. The van der Waals surface area contributed by atoms with Crippen molar-refractivity contribution in [3.05, 3.63) is 120 Å². The minimum atomic E-state index is -1.26. The van der Waals surface area contributed by atoms with Gasteiger partial charge < -0.3 is 25.2 Å². The van der Waals surface area contributed by atoms with Crippen LogP contribution in [-0.2, 0) is 48.1 Å². The summed E-state index contributed by atoms with van der Waals surface area (Å²) in [5, 5.41) is 15.4. The van der Waals surface area contributed by atoms with Gasteiger partial charge in [-0.2, -0.15) is 0 Å². The van der Waals surface area contributed by atoms with Crippen LogP contribution in [0.5, 0.6) is 0 Å². The van der Waals surface area contributed by atoms with Crippen LogP contribution in [0.4, 0.5) is 0 Å². The van der Waals surface area contributed by atoms with Gasteiger partial charge in [-0.3, -0.25) is 14.4 Å². The highest BCUT2D eigenvalue weighted by molar-refractivity contribution is 5.89. The third-order valence-electron chi connectivity index (χ3n) is 7.60. The summed E-state index contributed by atoms with van der Waals surface area (Å²) in [6.07, 6.45) is 4.88. The first kappa shape index (κ1) is 33.1. The van der Waals surface area contributed by atoms with Crippen LogP contribution in [0.2, 0.25) is 0 Å². The number of ether oxygens (including phenoxy) is 2. The summed E-state index contributed by atoms with van der Waals surface area (Å²) in [4.78, 5) is 52.8. The lowest BCUT2D eigenvalue weighted by molar-refractivity contribution is -0.157. The highest BCUT2D eigenvalue weighted by Gasteiger charge is 2.31. The first-order valence-electron chi connectivity index (χ1n) is 15.2. The predicted octanol–water partition coefficient (Wildman–Crippen LogP) is 3.69. The van der Waals surface area contributed by atoms with E-state index in [9.17, 15) is 24.3 Å². The molecule has 9 nitrogen and oxygen atoms in total. The van der Waals surface area contributed by atoms with Gasteiger partial charge in [-0.1, -0.05) is 103 Å². The lowest BCUT2D eigenvalue weighted by Gasteiger charge is -2.24. The van der Waals surface area contributed by atoms with Crippen LogP contribution in [0.15, 0.2) is 103 Å². The molecule has 4 rings (SSSR count). The average molecular weight is 613 g/mol. The molecule has 9 heteroatoms. The van der Waals surface area contributed by atoms with Crippen LogP contribution in [-0.4, -0.2) is 54.2 Å². The van der Waals surface area contributed by atoms with Crippen molar-refractivity contribution in [3.63, 3.8) is 0 Å². The molecular weight excluding hydrogens is 572 g/mol. The van der Waals surface area contributed by atoms with E-state index in [4.69, 9.17) is 9.47 Å². The molecule has 0 saturated heterocycles. The van der Waals surface area contributed by atoms with E-state index in [1.54, 1.807) is 18.2 Å². The molecule has 3 N–H and O–H groups in total. The summed E-state index contributed by atoms with van der Waals surface area (Å²) >= 11 is 0. The largest absolute Gasteiger partial charge is 0.463 e. The monoisotopic (exact) mass is 612 g/mol. The maximum Gasteiger partial charge on any atom is 0.332 e. The van der Waals surface area contributed by atoms with Crippen molar-refractivity contribution < 1.29 is 33.8 Å². The van der Waals surface area contributed by atoms with Gasteiger partial charge >= 0.3 is 11.9 Å². The molecule has 0 bridgehead atoms. The number of hydrogen-bond acceptors (Lipinski definition) is 7. The Labute approximate surface area is 263 Å². The van der Waals surface area contributed by atoms with E-state index >= 15 is 0 Å². The number of allylic oxidation sites excluding steroid dienone is 2. The van der Waals surface area contributed by atoms with Gasteiger partial charge in [-0.05, 0) is 42.4 Å². The number of carbonyl (C=O) groups is 4. The van der Waals surface area contributed by atoms with Gasteiger partial charge in [0.05, 0.1) is 24.5 Å². The van der Waals surface area contributed by atoms with E-state index < -0.39 is 54.3 Å². The normalized spacial score (nSPS) is 19.6. The van der Waals surface area contributed by atoms with Gasteiger partial charge in [0.2, 0.25) is 11.8 Å². The summed E-state index contributed by atoms with van der Waals surface area (Å²) in [5.74, 6) is -3.50. The number of carbonyl (C=O) groups excluding carboxylic acids is 4. The van der Waals surface area contributed by atoms with Crippen molar-refractivity contribution in [2.75, 3.05) is 13.2 Å².